The third-order valence-corrected chi connectivity index (χ3v) is 4.36. The molecule has 0 aliphatic heterocycles. The van der Waals surface area contributed by atoms with E-state index < -0.39 is 21.7 Å². The van der Waals surface area contributed by atoms with E-state index in [0.29, 0.717) is 12.8 Å². The van der Waals surface area contributed by atoms with Gasteiger partial charge in [0.25, 0.3) is 0 Å². The molecule has 4 nitrogen and oxygen atoms in total. The first-order valence-corrected chi connectivity index (χ1v) is 8.67. The second-order valence-corrected chi connectivity index (χ2v) is 6.94. The molecule has 0 amide bonds. The molecule has 7 heteroatoms. The summed E-state index contributed by atoms with van der Waals surface area (Å²) < 4.78 is 52.2. The van der Waals surface area contributed by atoms with Crippen molar-refractivity contribution in [2.24, 2.45) is 0 Å². The molecule has 120 valence electrons. The number of halogens is 2. The zero-order valence-corrected chi connectivity index (χ0v) is 13.1. The van der Waals surface area contributed by atoms with Gasteiger partial charge in [0.1, 0.15) is 11.6 Å². The van der Waals surface area contributed by atoms with Crippen LogP contribution in [0.25, 0.3) is 0 Å². The number of aliphatic hydroxyl groups is 1. The second-order valence-electron chi connectivity index (χ2n) is 4.96. The minimum Gasteiger partial charge on any atom is -0.396 e. The Balaban J connectivity index is 3.00. The van der Waals surface area contributed by atoms with Crippen molar-refractivity contribution in [3.8, 4) is 0 Å². The largest absolute Gasteiger partial charge is 0.396 e. The summed E-state index contributed by atoms with van der Waals surface area (Å²) in [5.74, 6) is -1.21. The van der Waals surface area contributed by atoms with Crippen molar-refractivity contribution in [2.75, 3.05) is 19.4 Å². The quantitative estimate of drug-likeness (QED) is 0.797. The third kappa shape index (κ3) is 5.33. The lowest BCUT2D eigenvalue weighted by molar-refractivity contribution is 0.288. The van der Waals surface area contributed by atoms with Gasteiger partial charge in [0.05, 0.1) is 6.26 Å². The summed E-state index contributed by atoms with van der Waals surface area (Å²) in [5, 5.41) is 8.72. The summed E-state index contributed by atoms with van der Waals surface area (Å²) in [6.07, 6.45) is 2.23. The molecule has 1 N–H and O–H groups in total. The van der Waals surface area contributed by atoms with Gasteiger partial charge in [-0.15, -0.1) is 0 Å². The fourth-order valence-electron chi connectivity index (χ4n) is 2.01. The van der Waals surface area contributed by atoms with Crippen molar-refractivity contribution in [2.45, 2.75) is 32.7 Å². The van der Waals surface area contributed by atoms with E-state index in [1.165, 1.54) is 0 Å². The van der Waals surface area contributed by atoms with Crippen LogP contribution in [0.15, 0.2) is 12.1 Å². The normalized spacial score (nSPS) is 12.1. The number of hydrogen-bond donors (Lipinski definition) is 1. The molecule has 0 aromatic heterocycles. The van der Waals surface area contributed by atoms with Crippen LogP contribution in [0.2, 0.25) is 0 Å². The fraction of sp³-hybridized carbons (Fsp3) is 0.571. The van der Waals surface area contributed by atoms with Gasteiger partial charge in [0.2, 0.25) is 10.0 Å². The van der Waals surface area contributed by atoms with Crippen LogP contribution in [0.5, 0.6) is 0 Å². The van der Waals surface area contributed by atoms with Crippen LogP contribution < -0.4 is 0 Å². The van der Waals surface area contributed by atoms with Crippen LogP contribution in [0.3, 0.4) is 0 Å². The van der Waals surface area contributed by atoms with Gasteiger partial charge < -0.3 is 5.11 Å². The third-order valence-electron chi connectivity index (χ3n) is 3.11. The number of hydrogen-bond acceptors (Lipinski definition) is 3. The van der Waals surface area contributed by atoms with Crippen LogP contribution in [0.1, 0.15) is 30.9 Å². The van der Waals surface area contributed by atoms with Crippen molar-refractivity contribution < 1.29 is 22.3 Å². The van der Waals surface area contributed by atoms with Gasteiger partial charge in [0, 0.05) is 25.3 Å². The first-order valence-electron chi connectivity index (χ1n) is 6.82. The summed E-state index contributed by atoms with van der Waals surface area (Å²) >= 11 is 0. The molecular formula is C14H21F2NO3S. The van der Waals surface area contributed by atoms with Crippen molar-refractivity contribution >= 4 is 10.0 Å². The van der Waals surface area contributed by atoms with E-state index in [-0.39, 0.29) is 37.2 Å². The molecule has 1 aromatic carbocycles. The average molecular weight is 321 g/mol. The Labute approximate surface area is 124 Å². The molecule has 0 heterocycles. The minimum absolute atomic E-state index is 0.0131. The standard InChI is InChI=1S/C14H21F2NO3S/c1-3-6-17(21(2,19)20)10-12-9-13(15)11(5-4-7-18)8-14(12)16/h8-9,18H,3-7,10H2,1-2H3. The highest BCUT2D eigenvalue weighted by Gasteiger charge is 2.19. The Kier molecular flexibility index (Phi) is 6.70. The zero-order chi connectivity index (χ0) is 16.0. The van der Waals surface area contributed by atoms with Crippen LogP contribution in [0, 0.1) is 11.6 Å². The molecule has 0 spiro atoms. The van der Waals surface area contributed by atoms with Gasteiger partial charge in [-0.25, -0.2) is 17.2 Å². The second kappa shape index (κ2) is 7.82. The van der Waals surface area contributed by atoms with Crippen LogP contribution >= 0.6 is 0 Å². The Bertz CT molecular complexity index is 576. The molecule has 0 aliphatic carbocycles. The van der Waals surface area contributed by atoms with Crippen LogP contribution in [-0.2, 0) is 23.0 Å². The predicted molar refractivity (Wildman–Crippen MR) is 77.3 cm³/mol. The topological polar surface area (TPSA) is 57.6 Å². The van der Waals surface area contributed by atoms with E-state index in [1.54, 1.807) is 0 Å². The molecule has 0 atom stereocenters. The number of aliphatic hydroxyl groups excluding tert-OH is 1. The van der Waals surface area contributed by atoms with Gasteiger partial charge in [0.15, 0.2) is 0 Å². The maximum absolute atomic E-state index is 14.0. The lowest BCUT2D eigenvalue weighted by Crippen LogP contribution is -2.30. The van der Waals surface area contributed by atoms with E-state index in [0.717, 1.165) is 22.7 Å². The van der Waals surface area contributed by atoms with Gasteiger partial charge >= 0.3 is 0 Å². The number of rotatable bonds is 8. The number of nitrogens with zero attached hydrogens (tertiary/aromatic N) is 1. The predicted octanol–water partition coefficient (Wildman–Crippen LogP) is 2.06. The van der Waals surface area contributed by atoms with Crippen molar-refractivity contribution in [1.82, 2.24) is 4.31 Å². The van der Waals surface area contributed by atoms with Gasteiger partial charge in [-0.1, -0.05) is 6.92 Å². The molecule has 0 unspecified atom stereocenters. The highest BCUT2D eigenvalue weighted by atomic mass is 32.2. The average Bonchev–Trinajstić information content (AvgIpc) is 2.39. The molecular weight excluding hydrogens is 300 g/mol. The molecule has 0 radical (unpaired) electrons. The van der Waals surface area contributed by atoms with E-state index >= 15 is 0 Å². The monoisotopic (exact) mass is 321 g/mol. The Morgan fingerprint density at radius 1 is 1.19 bits per heavy atom. The maximum Gasteiger partial charge on any atom is 0.211 e. The highest BCUT2D eigenvalue weighted by molar-refractivity contribution is 7.88. The maximum atomic E-state index is 14.0. The zero-order valence-electron chi connectivity index (χ0n) is 12.3. The van der Waals surface area contributed by atoms with E-state index in [4.69, 9.17) is 5.11 Å². The number of benzene rings is 1. The molecule has 0 saturated carbocycles. The summed E-state index contributed by atoms with van der Waals surface area (Å²) in [6.45, 7) is 1.79. The fourth-order valence-corrected chi connectivity index (χ4v) is 2.90. The molecule has 1 aromatic rings. The summed E-state index contributed by atoms with van der Waals surface area (Å²) in [6, 6.07) is 2.11. The molecule has 0 fully saturated rings. The van der Waals surface area contributed by atoms with Crippen molar-refractivity contribution in [1.29, 1.82) is 0 Å². The molecule has 21 heavy (non-hydrogen) atoms. The number of aryl methyl sites for hydroxylation is 1. The molecule has 1 rings (SSSR count). The Morgan fingerprint density at radius 2 is 1.76 bits per heavy atom. The first-order chi connectivity index (χ1) is 9.79. The van der Waals surface area contributed by atoms with Gasteiger partial charge in [-0.05, 0) is 37.0 Å². The van der Waals surface area contributed by atoms with E-state index in [1.807, 2.05) is 6.92 Å². The molecule has 0 saturated heterocycles. The smallest absolute Gasteiger partial charge is 0.211 e. The first kappa shape index (κ1) is 18.0. The Morgan fingerprint density at radius 3 is 2.29 bits per heavy atom. The lowest BCUT2D eigenvalue weighted by atomic mass is 10.1. The van der Waals surface area contributed by atoms with E-state index in [2.05, 4.69) is 0 Å². The summed E-state index contributed by atoms with van der Waals surface area (Å²) in [5.41, 5.74) is 0.200. The molecule has 0 aliphatic rings. The highest BCUT2D eigenvalue weighted by Crippen LogP contribution is 2.19. The van der Waals surface area contributed by atoms with Gasteiger partial charge in [-0.3, -0.25) is 0 Å². The Hall–Kier alpha value is -1.05. The SMILES string of the molecule is CCCN(Cc1cc(F)c(CCCO)cc1F)S(C)(=O)=O. The summed E-state index contributed by atoms with van der Waals surface area (Å²) in [4.78, 5) is 0. The van der Waals surface area contributed by atoms with Crippen molar-refractivity contribution in [3.05, 3.63) is 34.9 Å². The van der Waals surface area contributed by atoms with Crippen LogP contribution in [0.4, 0.5) is 8.78 Å². The minimum atomic E-state index is -3.47. The molecule has 0 bridgehead atoms. The van der Waals surface area contributed by atoms with E-state index in [9.17, 15) is 17.2 Å². The number of sulfonamides is 1. The summed E-state index contributed by atoms with van der Waals surface area (Å²) in [7, 11) is -3.47. The lowest BCUT2D eigenvalue weighted by Gasteiger charge is -2.20. The van der Waals surface area contributed by atoms with Crippen LogP contribution in [-0.4, -0.2) is 37.2 Å². The van der Waals surface area contributed by atoms with Gasteiger partial charge in [-0.2, -0.15) is 4.31 Å². The van der Waals surface area contributed by atoms with Crippen molar-refractivity contribution in [3.63, 3.8) is 0 Å².